The summed E-state index contributed by atoms with van der Waals surface area (Å²) in [6.45, 7) is 2.96. The van der Waals surface area contributed by atoms with Gasteiger partial charge in [0.2, 0.25) is 0 Å². The Hall–Kier alpha value is -3.22. The number of amides is 1. The molecule has 0 aliphatic carbocycles. The quantitative estimate of drug-likeness (QED) is 0.391. The first-order chi connectivity index (χ1) is 15.0. The second-order valence-corrected chi connectivity index (χ2v) is 7.83. The van der Waals surface area contributed by atoms with Gasteiger partial charge in [0.05, 0.1) is 12.8 Å². The molecular formula is C25H30N4O2. The molecule has 0 atom stereocenters. The van der Waals surface area contributed by atoms with Crippen LogP contribution in [0.2, 0.25) is 0 Å². The van der Waals surface area contributed by atoms with Gasteiger partial charge in [-0.2, -0.15) is 5.10 Å². The highest BCUT2D eigenvalue weighted by Crippen LogP contribution is 2.25. The molecule has 0 heterocycles. The maximum atomic E-state index is 12.2. The Labute approximate surface area is 183 Å². The molecule has 2 N–H and O–H groups in total. The molecule has 0 aliphatic rings. The maximum absolute atomic E-state index is 12.2. The summed E-state index contributed by atoms with van der Waals surface area (Å²) in [7, 11) is 4.04. The van der Waals surface area contributed by atoms with Crippen LogP contribution in [0.25, 0.3) is 10.8 Å². The molecule has 3 aromatic carbocycles. The topological polar surface area (TPSA) is 68.2 Å². The number of rotatable bonds is 10. The number of benzene rings is 3. The number of likely N-dealkylation sites (N-methyl/N-ethyl adjacent to an activating group) is 1. The van der Waals surface area contributed by atoms with Gasteiger partial charge in [0.1, 0.15) is 5.75 Å². The number of carbonyl (C=O) groups is 1. The molecule has 0 fully saturated rings. The van der Waals surface area contributed by atoms with Crippen molar-refractivity contribution < 1.29 is 9.90 Å². The molecule has 6 nitrogen and oxygen atoms in total. The summed E-state index contributed by atoms with van der Waals surface area (Å²) in [6.07, 6.45) is 2.47. The third kappa shape index (κ3) is 6.91. The molecule has 0 unspecified atom stereocenters. The van der Waals surface area contributed by atoms with Crippen molar-refractivity contribution in [1.82, 2.24) is 15.2 Å². The Kier molecular flexibility index (Phi) is 8.15. The predicted molar refractivity (Wildman–Crippen MR) is 126 cm³/mol. The average Bonchev–Trinajstić information content (AvgIpc) is 2.76. The van der Waals surface area contributed by atoms with Crippen LogP contribution in [0.3, 0.4) is 0 Å². The molecular weight excluding hydrogens is 388 g/mol. The SMILES string of the molecule is CN(CCCN(C)Cc1ccccc1)CC(=O)N/N=C/c1c(O)ccc2ccccc12. The van der Waals surface area contributed by atoms with E-state index in [0.29, 0.717) is 5.56 Å². The molecule has 0 saturated carbocycles. The maximum Gasteiger partial charge on any atom is 0.254 e. The lowest BCUT2D eigenvalue weighted by Gasteiger charge is -2.19. The number of nitrogens with zero attached hydrogens (tertiary/aromatic N) is 3. The van der Waals surface area contributed by atoms with Crippen LogP contribution in [0, 0.1) is 0 Å². The van der Waals surface area contributed by atoms with Gasteiger partial charge in [-0.25, -0.2) is 5.43 Å². The molecule has 0 saturated heterocycles. The number of phenols is 1. The minimum Gasteiger partial charge on any atom is -0.507 e. The van der Waals surface area contributed by atoms with E-state index >= 15 is 0 Å². The van der Waals surface area contributed by atoms with Crippen molar-refractivity contribution in [2.24, 2.45) is 5.10 Å². The van der Waals surface area contributed by atoms with Crippen molar-refractivity contribution in [1.29, 1.82) is 0 Å². The third-order valence-electron chi connectivity index (χ3n) is 5.12. The molecule has 3 aromatic rings. The third-order valence-corrected chi connectivity index (χ3v) is 5.12. The summed E-state index contributed by atoms with van der Waals surface area (Å²) >= 11 is 0. The Morgan fingerprint density at radius 3 is 2.48 bits per heavy atom. The first kappa shape index (κ1) is 22.5. The molecule has 0 aromatic heterocycles. The first-order valence-corrected chi connectivity index (χ1v) is 10.5. The van der Waals surface area contributed by atoms with Gasteiger partial charge in [0, 0.05) is 12.1 Å². The van der Waals surface area contributed by atoms with Gasteiger partial charge in [0.25, 0.3) is 5.91 Å². The Morgan fingerprint density at radius 1 is 0.968 bits per heavy atom. The smallest absolute Gasteiger partial charge is 0.254 e. The van der Waals surface area contributed by atoms with Crippen molar-refractivity contribution in [3.63, 3.8) is 0 Å². The van der Waals surface area contributed by atoms with Crippen molar-refractivity contribution in [3.05, 3.63) is 77.9 Å². The summed E-state index contributed by atoms with van der Waals surface area (Å²) in [5.41, 5.74) is 4.44. The van der Waals surface area contributed by atoms with E-state index in [-0.39, 0.29) is 18.2 Å². The number of hydrogen-bond acceptors (Lipinski definition) is 5. The zero-order valence-electron chi connectivity index (χ0n) is 18.2. The standard InChI is InChI=1S/C25H30N4O2/c1-28(18-20-9-4-3-5-10-20)15-8-16-29(2)19-25(31)27-26-17-23-22-12-7-6-11-21(22)13-14-24(23)30/h3-7,9-14,17,30H,8,15-16,18-19H2,1-2H3,(H,27,31)/b26-17+. The minimum atomic E-state index is -0.184. The lowest BCUT2D eigenvalue weighted by atomic mass is 10.0. The zero-order valence-corrected chi connectivity index (χ0v) is 18.2. The van der Waals surface area contributed by atoms with Gasteiger partial charge in [-0.15, -0.1) is 0 Å². The Morgan fingerprint density at radius 2 is 1.68 bits per heavy atom. The predicted octanol–water partition coefficient (Wildman–Crippen LogP) is 3.45. The number of phenolic OH excluding ortho intramolecular Hbond substituents is 1. The number of hydrogen-bond donors (Lipinski definition) is 2. The fourth-order valence-electron chi connectivity index (χ4n) is 3.53. The molecule has 162 valence electrons. The van der Waals surface area contributed by atoms with Crippen molar-refractivity contribution >= 4 is 22.9 Å². The van der Waals surface area contributed by atoms with Crippen LogP contribution in [0.1, 0.15) is 17.5 Å². The van der Waals surface area contributed by atoms with E-state index in [1.54, 1.807) is 6.07 Å². The van der Waals surface area contributed by atoms with Crippen LogP contribution in [-0.4, -0.2) is 60.8 Å². The summed E-state index contributed by atoms with van der Waals surface area (Å²) in [6, 6.07) is 21.6. The highest BCUT2D eigenvalue weighted by Gasteiger charge is 2.08. The van der Waals surface area contributed by atoms with Gasteiger partial charge in [-0.1, -0.05) is 60.7 Å². The Bertz CT molecular complexity index is 1020. The largest absolute Gasteiger partial charge is 0.507 e. The van der Waals surface area contributed by atoms with Crippen LogP contribution in [0.5, 0.6) is 5.75 Å². The van der Waals surface area contributed by atoms with Crippen molar-refractivity contribution in [2.75, 3.05) is 33.7 Å². The molecule has 0 aliphatic heterocycles. The highest BCUT2D eigenvalue weighted by molar-refractivity contribution is 6.02. The van der Waals surface area contributed by atoms with Crippen molar-refractivity contribution in [2.45, 2.75) is 13.0 Å². The second kappa shape index (κ2) is 11.2. The average molecular weight is 419 g/mol. The van der Waals surface area contributed by atoms with E-state index in [2.05, 4.69) is 46.7 Å². The van der Waals surface area contributed by atoms with Crippen LogP contribution >= 0.6 is 0 Å². The van der Waals surface area contributed by atoms with E-state index in [0.717, 1.165) is 36.8 Å². The van der Waals surface area contributed by atoms with Gasteiger partial charge in [-0.3, -0.25) is 9.69 Å². The van der Waals surface area contributed by atoms with Crippen LogP contribution in [-0.2, 0) is 11.3 Å². The van der Waals surface area contributed by atoms with Gasteiger partial charge >= 0.3 is 0 Å². The van der Waals surface area contributed by atoms with Crippen molar-refractivity contribution in [3.8, 4) is 5.75 Å². The van der Waals surface area contributed by atoms with Crippen LogP contribution < -0.4 is 5.43 Å². The van der Waals surface area contributed by atoms with E-state index in [9.17, 15) is 9.90 Å². The van der Waals surface area contributed by atoms with E-state index in [1.165, 1.54) is 11.8 Å². The van der Waals surface area contributed by atoms with Crippen LogP contribution in [0.4, 0.5) is 0 Å². The molecule has 3 rings (SSSR count). The molecule has 0 bridgehead atoms. The number of carbonyl (C=O) groups excluding carboxylic acids is 1. The van der Waals surface area contributed by atoms with E-state index in [4.69, 9.17) is 0 Å². The van der Waals surface area contributed by atoms with E-state index in [1.807, 2.05) is 48.3 Å². The molecule has 31 heavy (non-hydrogen) atoms. The lowest BCUT2D eigenvalue weighted by molar-refractivity contribution is -0.121. The molecule has 0 spiro atoms. The fraction of sp³-hybridized carbons (Fsp3) is 0.280. The number of aromatic hydroxyl groups is 1. The summed E-state index contributed by atoms with van der Waals surface area (Å²) in [5.74, 6) is -0.0513. The molecule has 0 radical (unpaired) electrons. The summed E-state index contributed by atoms with van der Waals surface area (Å²) in [4.78, 5) is 16.5. The van der Waals surface area contributed by atoms with Gasteiger partial charge < -0.3 is 10.0 Å². The molecule has 1 amide bonds. The zero-order chi connectivity index (χ0) is 22.1. The minimum absolute atomic E-state index is 0.133. The number of fused-ring (bicyclic) bond motifs is 1. The molecule has 6 heteroatoms. The summed E-state index contributed by atoms with van der Waals surface area (Å²) in [5, 5.41) is 16.1. The number of nitrogens with one attached hydrogen (secondary N) is 1. The Balaban J connectivity index is 1.41. The lowest BCUT2D eigenvalue weighted by Crippen LogP contribution is -2.34. The highest BCUT2D eigenvalue weighted by atomic mass is 16.3. The first-order valence-electron chi connectivity index (χ1n) is 10.5. The fourth-order valence-corrected chi connectivity index (χ4v) is 3.53. The van der Waals surface area contributed by atoms with Gasteiger partial charge in [-0.05, 0) is 56.0 Å². The van der Waals surface area contributed by atoms with Gasteiger partial charge in [0.15, 0.2) is 0 Å². The van der Waals surface area contributed by atoms with E-state index < -0.39 is 0 Å². The van der Waals surface area contributed by atoms with Crippen LogP contribution in [0.15, 0.2) is 71.8 Å². The number of hydrazone groups is 1. The summed E-state index contributed by atoms with van der Waals surface area (Å²) < 4.78 is 0. The monoisotopic (exact) mass is 418 g/mol. The normalized spacial score (nSPS) is 11.6. The second-order valence-electron chi connectivity index (χ2n) is 7.83.